The van der Waals surface area contributed by atoms with Gasteiger partial charge in [0.05, 0.1) is 17.5 Å². The molecule has 7 heteroatoms. The Morgan fingerprint density at radius 1 is 1.35 bits per heavy atom. The summed E-state index contributed by atoms with van der Waals surface area (Å²) in [6.45, 7) is 1.85. The number of carboxylic acids is 1. The van der Waals surface area contributed by atoms with Gasteiger partial charge in [0.2, 0.25) is 0 Å². The second-order valence-corrected chi connectivity index (χ2v) is 5.62. The van der Waals surface area contributed by atoms with E-state index < -0.39 is 23.7 Å². The minimum atomic E-state index is -1.10. The number of rotatable bonds is 5. The summed E-state index contributed by atoms with van der Waals surface area (Å²) in [5, 5.41) is 11.6. The zero-order valence-corrected chi connectivity index (χ0v) is 13.4. The van der Waals surface area contributed by atoms with Gasteiger partial charge in [-0.1, -0.05) is 17.7 Å². The smallest absolute Gasteiger partial charge is 0.305 e. The molecule has 0 saturated carbocycles. The maximum absolute atomic E-state index is 13.6. The summed E-state index contributed by atoms with van der Waals surface area (Å²) < 4.78 is 15.3. The number of amides is 1. The van der Waals surface area contributed by atoms with Gasteiger partial charge in [-0.15, -0.1) is 0 Å². The number of aryl methyl sites for hydroxylation is 1. The minimum absolute atomic E-state index is 0.0628. The lowest BCUT2D eigenvalue weighted by molar-refractivity contribution is -0.137. The highest BCUT2D eigenvalue weighted by Gasteiger charge is 2.21. The van der Waals surface area contributed by atoms with Crippen molar-refractivity contribution in [3.05, 3.63) is 58.1 Å². The van der Waals surface area contributed by atoms with E-state index in [-0.39, 0.29) is 11.4 Å². The number of carboxylic acid groups (broad SMARTS) is 1. The van der Waals surface area contributed by atoms with E-state index in [0.29, 0.717) is 11.3 Å². The lowest BCUT2D eigenvalue weighted by Crippen LogP contribution is -2.31. The lowest BCUT2D eigenvalue weighted by atomic mass is 10.0. The summed E-state index contributed by atoms with van der Waals surface area (Å²) in [4.78, 5) is 23.4. The van der Waals surface area contributed by atoms with E-state index in [9.17, 15) is 14.0 Å². The van der Waals surface area contributed by atoms with Gasteiger partial charge in [-0.2, -0.15) is 0 Å². The van der Waals surface area contributed by atoms with Crippen LogP contribution < -0.4 is 5.32 Å². The SMILES string of the molecule is Cc1ccc(C(=O)NC(CC(=O)O)c2ccc(Cl)c(F)c2)n1C. The van der Waals surface area contributed by atoms with Crippen LogP contribution in [0, 0.1) is 12.7 Å². The quantitative estimate of drug-likeness (QED) is 0.880. The van der Waals surface area contributed by atoms with Crippen LogP contribution in [0.15, 0.2) is 30.3 Å². The van der Waals surface area contributed by atoms with E-state index in [2.05, 4.69) is 5.32 Å². The first kappa shape index (κ1) is 17.0. The number of nitrogens with zero attached hydrogens (tertiary/aromatic N) is 1. The molecule has 23 heavy (non-hydrogen) atoms. The van der Waals surface area contributed by atoms with Gasteiger partial charge in [0, 0.05) is 12.7 Å². The van der Waals surface area contributed by atoms with Gasteiger partial charge >= 0.3 is 5.97 Å². The number of hydrogen-bond donors (Lipinski definition) is 2. The molecule has 2 N–H and O–H groups in total. The Labute approximate surface area is 137 Å². The van der Waals surface area contributed by atoms with Crippen LogP contribution in [0.4, 0.5) is 4.39 Å². The summed E-state index contributed by atoms with van der Waals surface area (Å²) in [6, 6.07) is 6.53. The van der Waals surface area contributed by atoms with Crippen molar-refractivity contribution in [3.8, 4) is 0 Å². The summed E-state index contributed by atoms with van der Waals surface area (Å²) in [5.41, 5.74) is 1.63. The van der Waals surface area contributed by atoms with Gasteiger partial charge in [0.15, 0.2) is 0 Å². The Kier molecular flexibility index (Phi) is 5.05. The molecule has 2 rings (SSSR count). The van der Waals surface area contributed by atoms with Crippen LogP contribution in [0.2, 0.25) is 5.02 Å². The number of hydrogen-bond acceptors (Lipinski definition) is 2. The number of benzene rings is 1. The van der Waals surface area contributed by atoms with Crippen LogP contribution in [0.25, 0.3) is 0 Å². The third-order valence-electron chi connectivity index (χ3n) is 3.64. The highest BCUT2D eigenvalue weighted by molar-refractivity contribution is 6.30. The average molecular weight is 339 g/mol. The number of carbonyl (C=O) groups is 2. The molecule has 1 atom stereocenters. The third kappa shape index (κ3) is 3.90. The van der Waals surface area contributed by atoms with Gasteiger partial charge in [0.25, 0.3) is 5.91 Å². The summed E-state index contributed by atoms with van der Waals surface area (Å²) in [5.74, 6) is -2.19. The normalized spacial score (nSPS) is 12.0. The van der Waals surface area contributed by atoms with Crippen molar-refractivity contribution in [1.29, 1.82) is 0 Å². The molecular formula is C16H16ClFN2O3. The van der Waals surface area contributed by atoms with E-state index in [1.54, 1.807) is 23.7 Å². The molecule has 122 valence electrons. The molecule has 5 nitrogen and oxygen atoms in total. The molecule has 0 spiro atoms. The fourth-order valence-electron chi connectivity index (χ4n) is 2.23. The molecule has 1 aromatic heterocycles. The zero-order chi connectivity index (χ0) is 17.1. The van der Waals surface area contributed by atoms with Crippen molar-refractivity contribution in [3.63, 3.8) is 0 Å². The Hall–Kier alpha value is -2.34. The van der Waals surface area contributed by atoms with Crippen LogP contribution in [-0.4, -0.2) is 21.6 Å². The van der Waals surface area contributed by atoms with E-state index >= 15 is 0 Å². The van der Waals surface area contributed by atoms with E-state index in [1.165, 1.54) is 12.1 Å². The Morgan fingerprint density at radius 2 is 2.04 bits per heavy atom. The Balaban J connectivity index is 2.28. The van der Waals surface area contributed by atoms with Crippen LogP contribution in [-0.2, 0) is 11.8 Å². The summed E-state index contributed by atoms with van der Waals surface area (Å²) in [7, 11) is 1.73. The number of aliphatic carboxylic acids is 1. The van der Waals surface area contributed by atoms with Gasteiger partial charge in [-0.25, -0.2) is 4.39 Å². The molecular weight excluding hydrogens is 323 g/mol. The highest BCUT2D eigenvalue weighted by Crippen LogP contribution is 2.23. The molecule has 1 amide bonds. The minimum Gasteiger partial charge on any atom is -0.481 e. The predicted molar refractivity (Wildman–Crippen MR) is 84.0 cm³/mol. The van der Waals surface area contributed by atoms with Gasteiger partial charge in [-0.3, -0.25) is 9.59 Å². The number of carbonyl (C=O) groups excluding carboxylic acids is 1. The van der Waals surface area contributed by atoms with Crippen LogP contribution in [0.5, 0.6) is 0 Å². The van der Waals surface area contributed by atoms with Crippen molar-refractivity contribution in [2.75, 3.05) is 0 Å². The van der Waals surface area contributed by atoms with E-state index in [1.807, 2.05) is 6.92 Å². The summed E-state index contributed by atoms with van der Waals surface area (Å²) in [6.07, 6.45) is -0.365. The maximum Gasteiger partial charge on any atom is 0.305 e. The maximum atomic E-state index is 13.6. The molecule has 0 aliphatic carbocycles. The molecule has 0 fully saturated rings. The number of nitrogens with one attached hydrogen (secondary N) is 1. The van der Waals surface area contributed by atoms with Crippen LogP contribution >= 0.6 is 11.6 Å². The van der Waals surface area contributed by atoms with Crippen LogP contribution in [0.3, 0.4) is 0 Å². The van der Waals surface area contributed by atoms with E-state index in [0.717, 1.165) is 11.8 Å². The van der Waals surface area contributed by atoms with Crippen LogP contribution in [0.1, 0.15) is 34.2 Å². The molecule has 0 saturated heterocycles. The monoisotopic (exact) mass is 338 g/mol. The zero-order valence-electron chi connectivity index (χ0n) is 12.6. The Morgan fingerprint density at radius 3 is 2.57 bits per heavy atom. The third-order valence-corrected chi connectivity index (χ3v) is 3.94. The molecule has 2 aromatic rings. The first-order valence-electron chi connectivity index (χ1n) is 6.89. The van der Waals surface area contributed by atoms with Crippen molar-refractivity contribution in [2.45, 2.75) is 19.4 Å². The second kappa shape index (κ2) is 6.83. The predicted octanol–water partition coefficient (Wildman–Crippen LogP) is 3.07. The largest absolute Gasteiger partial charge is 0.481 e. The molecule has 1 aromatic carbocycles. The summed E-state index contributed by atoms with van der Waals surface area (Å²) >= 11 is 5.63. The number of aromatic nitrogens is 1. The highest BCUT2D eigenvalue weighted by atomic mass is 35.5. The van der Waals surface area contributed by atoms with E-state index in [4.69, 9.17) is 16.7 Å². The van der Waals surface area contributed by atoms with Crippen molar-refractivity contribution in [1.82, 2.24) is 9.88 Å². The molecule has 0 aliphatic heterocycles. The second-order valence-electron chi connectivity index (χ2n) is 5.22. The van der Waals surface area contributed by atoms with Crippen molar-refractivity contribution in [2.24, 2.45) is 7.05 Å². The van der Waals surface area contributed by atoms with Crippen molar-refractivity contribution < 1.29 is 19.1 Å². The molecule has 0 aliphatic rings. The van der Waals surface area contributed by atoms with Gasteiger partial charge in [0.1, 0.15) is 11.5 Å². The lowest BCUT2D eigenvalue weighted by Gasteiger charge is -2.18. The average Bonchev–Trinajstić information content (AvgIpc) is 2.81. The number of halogens is 2. The molecule has 0 radical (unpaired) electrons. The van der Waals surface area contributed by atoms with Gasteiger partial charge < -0.3 is 15.0 Å². The molecule has 0 bridgehead atoms. The molecule has 1 heterocycles. The Bertz CT molecular complexity index is 758. The topological polar surface area (TPSA) is 71.3 Å². The fraction of sp³-hybridized carbons (Fsp3) is 0.250. The van der Waals surface area contributed by atoms with Gasteiger partial charge in [-0.05, 0) is 36.8 Å². The first-order valence-corrected chi connectivity index (χ1v) is 7.27. The fourth-order valence-corrected chi connectivity index (χ4v) is 2.35. The standard InChI is InChI=1S/C16H16ClFN2O3/c1-9-3-6-14(20(9)2)16(23)19-13(8-15(21)22)10-4-5-11(17)12(18)7-10/h3-7,13H,8H2,1-2H3,(H,19,23)(H,21,22). The molecule has 1 unspecified atom stereocenters. The van der Waals surface area contributed by atoms with Crippen molar-refractivity contribution >= 4 is 23.5 Å². The first-order chi connectivity index (χ1) is 10.8.